The molecule has 0 saturated carbocycles. The molecule has 1 aromatic carbocycles. The van der Waals surface area contributed by atoms with Gasteiger partial charge in [0.2, 0.25) is 0 Å². The molecule has 1 rings (SSSR count). The first-order chi connectivity index (χ1) is 5.95. The maximum atomic E-state index is 10.7. The highest BCUT2D eigenvalue weighted by Gasteiger charge is 2.18. The number of hydrogen-bond acceptors (Lipinski definition) is 2. The molecule has 6 heteroatoms. The van der Waals surface area contributed by atoms with E-state index < -0.39 is 5.97 Å². The van der Waals surface area contributed by atoms with Crippen molar-refractivity contribution in [3.8, 4) is 0 Å². The van der Waals surface area contributed by atoms with E-state index in [0.717, 1.165) is 0 Å². The number of carboxylic acid groups (broad SMARTS) is 1. The van der Waals surface area contributed by atoms with Crippen molar-refractivity contribution in [2.24, 2.45) is 0 Å². The average Bonchev–Trinajstić information content (AvgIpc) is 2.01. The summed E-state index contributed by atoms with van der Waals surface area (Å²) in [5, 5.41) is 8.58. The van der Waals surface area contributed by atoms with Gasteiger partial charge in [0.1, 0.15) is 5.56 Å². The molecule has 0 unspecified atom stereocenters. The molecule has 0 atom stereocenters. The normalized spacial score (nSPS) is 10.1. The van der Waals surface area contributed by atoms with Gasteiger partial charge < -0.3 is 10.8 Å². The van der Waals surface area contributed by atoms with Crippen molar-refractivity contribution in [3.63, 3.8) is 0 Å². The Morgan fingerprint density at radius 3 is 2.31 bits per heavy atom. The van der Waals surface area contributed by atoms with Crippen molar-refractivity contribution in [2.45, 2.75) is 0 Å². The topological polar surface area (TPSA) is 63.3 Å². The molecule has 1 aromatic rings. The first-order valence-electron chi connectivity index (χ1n) is 3.11. The summed E-state index contributed by atoms with van der Waals surface area (Å²) >= 11 is 16.8. The van der Waals surface area contributed by atoms with Crippen LogP contribution in [0.1, 0.15) is 10.4 Å². The van der Waals surface area contributed by atoms with Crippen molar-refractivity contribution in [3.05, 3.63) is 26.7 Å². The number of benzene rings is 1. The van der Waals surface area contributed by atoms with Gasteiger partial charge in [-0.05, 0) is 6.07 Å². The van der Waals surface area contributed by atoms with E-state index >= 15 is 0 Å². The van der Waals surface area contributed by atoms with Gasteiger partial charge in [0.25, 0.3) is 0 Å². The second-order valence-electron chi connectivity index (χ2n) is 2.26. The molecule has 3 nitrogen and oxygen atoms in total. The van der Waals surface area contributed by atoms with Crippen molar-refractivity contribution >= 4 is 46.5 Å². The lowest BCUT2D eigenvalue weighted by Crippen LogP contribution is -2.02. The molecule has 0 aliphatic heterocycles. The highest BCUT2D eigenvalue weighted by molar-refractivity contribution is 6.47. The predicted molar refractivity (Wildman–Crippen MR) is 52.8 cm³/mol. The Balaban J connectivity index is 3.56. The van der Waals surface area contributed by atoms with Crippen molar-refractivity contribution in [2.75, 3.05) is 5.73 Å². The van der Waals surface area contributed by atoms with Crippen LogP contribution in [0, 0.1) is 0 Å². The van der Waals surface area contributed by atoms with E-state index in [1.165, 1.54) is 6.07 Å². The lowest BCUT2D eigenvalue weighted by atomic mass is 10.2. The zero-order valence-corrected chi connectivity index (χ0v) is 8.41. The molecule has 0 saturated heterocycles. The molecule has 3 N–H and O–H groups in total. The van der Waals surface area contributed by atoms with Crippen LogP contribution in [0.2, 0.25) is 15.1 Å². The molecule has 0 spiro atoms. The van der Waals surface area contributed by atoms with Crippen LogP contribution < -0.4 is 5.73 Å². The quantitative estimate of drug-likeness (QED) is 0.586. The Morgan fingerprint density at radius 1 is 1.31 bits per heavy atom. The summed E-state index contributed by atoms with van der Waals surface area (Å²) in [5.41, 5.74) is 5.21. The highest BCUT2D eigenvalue weighted by atomic mass is 35.5. The van der Waals surface area contributed by atoms with Crippen molar-refractivity contribution in [1.82, 2.24) is 0 Å². The number of nitrogen functional groups attached to an aromatic ring is 1. The number of carboxylic acids is 1. The molecule has 70 valence electrons. The molecule has 0 heterocycles. The minimum atomic E-state index is -1.26. The minimum Gasteiger partial charge on any atom is -0.478 e. The van der Waals surface area contributed by atoms with Crippen LogP contribution in [0.3, 0.4) is 0 Å². The lowest BCUT2D eigenvalue weighted by molar-refractivity contribution is 0.0697. The standard InChI is InChI=1S/C7H4Cl3NO2/c8-2-1-3(11)6(10)4(5(2)9)7(12)13/h1H,11H2,(H,12,13). The van der Waals surface area contributed by atoms with E-state index in [4.69, 9.17) is 45.6 Å². The summed E-state index contributed by atoms with van der Waals surface area (Å²) in [5.74, 6) is -1.26. The Labute approximate surface area is 89.0 Å². The second-order valence-corrected chi connectivity index (χ2v) is 3.42. The summed E-state index contributed by atoms with van der Waals surface area (Å²) in [6.07, 6.45) is 0. The van der Waals surface area contributed by atoms with Crippen LogP contribution in [0.25, 0.3) is 0 Å². The van der Waals surface area contributed by atoms with Crippen LogP contribution >= 0.6 is 34.8 Å². The van der Waals surface area contributed by atoms with Crippen LogP contribution in [-0.2, 0) is 0 Å². The zero-order valence-electron chi connectivity index (χ0n) is 6.14. The van der Waals surface area contributed by atoms with Gasteiger partial charge in [-0.3, -0.25) is 0 Å². The predicted octanol–water partition coefficient (Wildman–Crippen LogP) is 2.93. The molecule has 0 fully saturated rings. The van der Waals surface area contributed by atoms with Gasteiger partial charge in [0.15, 0.2) is 0 Å². The fraction of sp³-hybridized carbons (Fsp3) is 0. The number of anilines is 1. The molecule has 0 radical (unpaired) electrons. The minimum absolute atomic E-state index is 0.0703. The summed E-state index contributed by atoms with van der Waals surface area (Å²) in [6.45, 7) is 0. The Morgan fingerprint density at radius 2 is 1.85 bits per heavy atom. The smallest absolute Gasteiger partial charge is 0.338 e. The number of carbonyl (C=O) groups is 1. The molecule has 0 amide bonds. The lowest BCUT2D eigenvalue weighted by Gasteiger charge is -2.06. The van der Waals surface area contributed by atoms with Crippen LogP contribution in [0.15, 0.2) is 6.07 Å². The molecule has 0 aliphatic carbocycles. The fourth-order valence-corrected chi connectivity index (χ4v) is 1.53. The number of hydrogen-bond donors (Lipinski definition) is 2. The third-order valence-electron chi connectivity index (χ3n) is 1.40. The number of rotatable bonds is 1. The van der Waals surface area contributed by atoms with Gasteiger partial charge in [-0.2, -0.15) is 0 Å². The van der Waals surface area contributed by atoms with Crippen LogP contribution in [-0.4, -0.2) is 11.1 Å². The first kappa shape index (κ1) is 10.4. The SMILES string of the molecule is Nc1cc(Cl)c(Cl)c(C(=O)O)c1Cl. The van der Waals surface area contributed by atoms with Crippen molar-refractivity contribution in [1.29, 1.82) is 0 Å². The van der Waals surface area contributed by atoms with Gasteiger partial charge in [-0.1, -0.05) is 34.8 Å². The average molecular weight is 240 g/mol. The summed E-state index contributed by atoms with van der Waals surface area (Å²) in [4.78, 5) is 10.7. The summed E-state index contributed by atoms with van der Waals surface area (Å²) in [7, 11) is 0. The van der Waals surface area contributed by atoms with Gasteiger partial charge >= 0.3 is 5.97 Å². The fourth-order valence-electron chi connectivity index (χ4n) is 0.811. The summed E-state index contributed by atoms with van der Waals surface area (Å²) in [6, 6.07) is 1.30. The van der Waals surface area contributed by atoms with E-state index in [0.29, 0.717) is 0 Å². The van der Waals surface area contributed by atoms with Crippen LogP contribution in [0.5, 0.6) is 0 Å². The van der Waals surface area contributed by atoms with E-state index in [-0.39, 0.29) is 26.3 Å². The molecule has 13 heavy (non-hydrogen) atoms. The number of nitrogens with two attached hydrogens (primary N) is 1. The maximum absolute atomic E-state index is 10.7. The maximum Gasteiger partial charge on any atom is 0.338 e. The van der Waals surface area contributed by atoms with Crippen LogP contribution in [0.4, 0.5) is 5.69 Å². The molecular formula is C7H4Cl3NO2. The van der Waals surface area contributed by atoms with Gasteiger partial charge in [0, 0.05) is 0 Å². The van der Waals surface area contributed by atoms with Gasteiger partial charge in [-0.15, -0.1) is 0 Å². The molecular weight excluding hydrogens is 236 g/mol. The Bertz CT molecular complexity index is 352. The monoisotopic (exact) mass is 239 g/mol. The Hall–Kier alpha value is -0.640. The van der Waals surface area contributed by atoms with Gasteiger partial charge in [-0.25, -0.2) is 4.79 Å². The van der Waals surface area contributed by atoms with E-state index in [9.17, 15) is 4.79 Å². The van der Waals surface area contributed by atoms with E-state index in [2.05, 4.69) is 0 Å². The second kappa shape index (κ2) is 3.62. The van der Waals surface area contributed by atoms with E-state index in [1.807, 2.05) is 0 Å². The third-order valence-corrected chi connectivity index (χ3v) is 2.59. The largest absolute Gasteiger partial charge is 0.478 e. The van der Waals surface area contributed by atoms with E-state index in [1.54, 1.807) is 0 Å². The zero-order chi connectivity index (χ0) is 10.2. The first-order valence-corrected chi connectivity index (χ1v) is 4.24. The molecule has 0 aliphatic rings. The Kier molecular flexibility index (Phi) is 2.91. The van der Waals surface area contributed by atoms with Crippen molar-refractivity contribution < 1.29 is 9.90 Å². The highest BCUT2D eigenvalue weighted by Crippen LogP contribution is 2.35. The summed E-state index contributed by atoms with van der Waals surface area (Å²) < 4.78 is 0. The number of halogens is 3. The van der Waals surface area contributed by atoms with Gasteiger partial charge in [0.05, 0.1) is 20.8 Å². The third kappa shape index (κ3) is 1.82. The molecule has 0 aromatic heterocycles. The number of aromatic carboxylic acids is 1. The molecule has 0 bridgehead atoms.